The van der Waals surface area contributed by atoms with Crippen LogP contribution in [0.4, 0.5) is 4.39 Å². The molecule has 1 aliphatic heterocycles. The fraction of sp³-hybridized carbons (Fsp3) is 0.500. The molecule has 102 valence electrons. The lowest BCUT2D eigenvalue weighted by atomic mass is 9.91. The Balaban J connectivity index is 1.82. The van der Waals surface area contributed by atoms with E-state index in [0.29, 0.717) is 5.92 Å². The molecule has 2 N–H and O–H groups in total. The van der Waals surface area contributed by atoms with Crippen molar-refractivity contribution < 1.29 is 4.39 Å². The van der Waals surface area contributed by atoms with Gasteiger partial charge in [0.15, 0.2) is 0 Å². The number of fused-ring (bicyclic) bond motifs is 1. The van der Waals surface area contributed by atoms with Crippen molar-refractivity contribution in [1.82, 2.24) is 9.27 Å². The number of hydrogen-bond donors (Lipinski definition) is 1. The van der Waals surface area contributed by atoms with Crippen molar-refractivity contribution in [3.63, 3.8) is 0 Å². The number of hydrogen-bond acceptors (Lipinski definition) is 4. The molecule has 1 unspecified atom stereocenters. The van der Waals surface area contributed by atoms with Gasteiger partial charge in [-0.1, -0.05) is 0 Å². The van der Waals surface area contributed by atoms with Gasteiger partial charge in [-0.2, -0.15) is 4.37 Å². The zero-order chi connectivity index (χ0) is 13.4. The summed E-state index contributed by atoms with van der Waals surface area (Å²) in [6, 6.07) is 4.96. The molecular weight excluding hydrogens is 261 g/mol. The number of nitrogens with two attached hydrogens (primary N) is 1. The second kappa shape index (κ2) is 5.15. The standard InChI is InChI=1S/C14H18FN3S/c1-9(16)18-6-4-10(5-7-18)14-12-3-2-11(15)8-13(12)19-17-14/h2-3,8-10H,4-7,16H2,1H3. The van der Waals surface area contributed by atoms with Gasteiger partial charge in [0.05, 0.1) is 16.6 Å². The first kappa shape index (κ1) is 13.0. The van der Waals surface area contributed by atoms with Crippen LogP contribution in [0.25, 0.3) is 10.1 Å². The van der Waals surface area contributed by atoms with Crippen LogP contribution < -0.4 is 5.73 Å². The molecule has 1 fully saturated rings. The normalized spacial score (nSPS) is 19.9. The topological polar surface area (TPSA) is 42.1 Å². The van der Waals surface area contributed by atoms with Crippen LogP contribution in [0, 0.1) is 5.82 Å². The molecule has 19 heavy (non-hydrogen) atoms. The first-order valence-corrected chi connectivity index (χ1v) is 7.47. The first-order valence-electron chi connectivity index (χ1n) is 6.69. The monoisotopic (exact) mass is 279 g/mol. The summed E-state index contributed by atoms with van der Waals surface area (Å²) in [4.78, 5) is 2.30. The summed E-state index contributed by atoms with van der Waals surface area (Å²) in [7, 11) is 0. The lowest BCUT2D eigenvalue weighted by molar-refractivity contribution is 0.164. The van der Waals surface area contributed by atoms with E-state index < -0.39 is 0 Å². The van der Waals surface area contributed by atoms with Crippen LogP contribution in [0.3, 0.4) is 0 Å². The maximum absolute atomic E-state index is 13.2. The number of aromatic nitrogens is 1. The summed E-state index contributed by atoms with van der Waals surface area (Å²) in [6.45, 7) is 4.06. The number of halogens is 1. The van der Waals surface area contributed by atoms with E-state index in [-0.39, 0.29) is 12.0 Å². The van der Waals surface area contributed by atoms with E-state index >= 15 is 0 Å². The summed E-state index contributed by atoms with van der Waals surface area (Å²) in [5.74, 6) is 0.295. The Morgan fingerprint density at radius 1 is 1.42 bits per heavy atom. The highest BCUT2D eigenvalue weighted by Crippen LogP contribution is 2.34. The second-order valence-electron chi connectivity index (χ2n) is 5.26. The van der Waals surface area contributed by atoms with Crippen molar-refractivity contribution in [1.29, 1.82) is 0 Å². The molecule has 0 bridgehead atoms. The van der Waals surface area contributed by atoms with Gasteiger partial charge >= 0.3 is 0 Å². The van der Waals surface area contributed by atoms with Crippen LogP contribution in [0.15, 0.2) is 18.2 Å². The number of rotatable bonds is 2. The van der Waals surface area contributed by atoms with Crippen LogP contribution in [-0.2, 0) is 0 Å². The van der Waals surface area contributed by atoms with Crippen LogP contribution >= 0.6 is 11.5 Å². The van der Waals surface area contributed by atoms with Crippen molar-refractivity contribution >= 4 is 21.6 Å². The lowest BCUT2D eigenvalue weighted by Crippen LogP contribution is -2.44. The zero-order valence-corrected chi connectivity index (χ0v) is 11.8. The SMILES string of the molecule is CC(N)N1CCC(c2nsc3cc(F)ccc23)CC1. The Hall–Kier alpha value is -1.04. The third-order valence-electron chi connectivity index (χ3n) is 3.95. The smallest absolute Gasteiger partial charge is 0.124 e. The molecule has 1 aliphatic rings. The Morgan fingerprint density at radius 2 is 2.16 bits per heavy atom. The van der Waals surface area contributed by atoms with E-state index in [1.165, 1.54) is 17.6 Å². The molecule has 5 heteroatoms. The van der Waals surface area contributed by atoms with Crippen molar-refractivity contribution in [2.24, 2.45) is 5.73 Å². The third-order valence-corrected chi connectivity index (χ3v) is 4.78. The van der Waals surface area contributed by atoms with Crippen molar-refractivity contribution in [2.45, 2.75) is 31.8 Å². The molecule has 1 saturated heterocycles. The molecule has 0 aliphatic carbocycles. The van der Waals surface area contributed by atoms with Gasteiger partial charge in [0.2, 0.25) is 0 Å². The Kier molecular flexibility index (Phi) is 3.52. The fourth-order valence-corrected chi connectivity index (χ4v) is 3.69. The van der Waals surface area contributed by atoms with Crippen LogP contribution in [0.5, 0.6) is 0 Å². The van der Waals surface area contributed by atoms with Crippen molar-refractivity contribution in [2.75, 3.05) is 13.1 Å². The van der Waals surface area contributed by atoms with Gasteiger partial charge in [0.25, 0.3) is 0 Å². The van der Waals surface area contributed by atoms with Gasteiger partial charge in [0, 0.05) is 24.4 Å². The van der Waals surface area contributed by atoms with Crippen LogP contribution in [0.1, 0.15) is 31.4 Å². The number of piperidine rings is 1. The molecular formula is C14H18FN3S. The summed E-state index contributed by atoms with van der Waals surface area (Å²) in [6.07, 6.45) is 2.29. The molecule has 0 saturated carbocycles. The minimum atomic E-state index is -0.186. The van der Waals surface area contributed by atoms with Crippen LogP contribution in [0.2, 0.25) is 0 Å². The maximum Gasteiger partial charge on any atom is 0.124 e. The minimum Gasteiger partial charge on any atom is -0.316 e. The van der Waals surface area contributed by atoms with Crippen molar-refractivity contribution in [3.05, 3.63) is 29.7 Å². The largest absolute Gasteiger partial charge is 0.316 e. The average Bonchev–Trinajstić information content (AvgIpc) is 2.81. The minimum absolute atomic E-state index is 0.127. The van der Waals surface area contributed by atoms with E-state index in [2.05, 4.69) is 9.27 Å². The molecule has 2 heterocycles. The van der Waals surface area contributed by atoms with E-state index in [4.69, 9.17) is 5.73 Å². The number of nitrogens with zero attached hydrogens (tertiary/aromatic N) is 2. The summed E-state index contributed by atoms with van der Waals surface area (Å²) >= 11 is 1.40. The highest BCUT2D eigenvalue weighted by molar-refractivity contribution is 7.13. The zero-order valence-electron chi connectivity index (χ0n) is 11.0. The van der Waals surface area contributed by atoms with Crippen LogP contribution in [-0.4, -0.2) is 28.5 Å². The Bertz CT molecular complexity index is 573. The van der Waals surface area contributed by atoms with E-state index in [1.54, 1.807) is 6.07 Å². The molecule has 3 nitrogen and oxygen atoms in total. The predicted molar refractivity (Wildman–Crippen MR) is 76.8 cm³/mol. The molecule has 2 aromatic rings. The maximum atomic E-state index is 13.2. The molecule has 1 aromatic heterocycles. The van der Waals surface area contributed by atoms with Gasteiger partial charge in [-0.3, -0.25) is 4.90 Å². The molecule has 1 atom stereocenters. The second-order valence-corrected chi connectivity index (χ2v) is 6.06. The predicted octanol–water partition coefficient (Wildman–Crippen LogP) is 2.92. The molecule has 0 amide bonds. The Morgan fingerprint density at radius 3 is 2.84 bits per heavy atom. The quantitative estimate of drug-likeness (QED) is 0.919. The van der Waals surface area contributed by atoms with E-state index in [9.17, 15) is 4.39 Å². The van der Waals surface area contributed by atoms with Gasteiger partial charge in [-0.05, 0) is 49.5 Å². The van der Waals surface area contributed by atoms with Gasteiger partial charge in [0.1, 0.15) is 5.82 Å². The van der Waals surface area contributed by atoms with Gasteiger partial charge < -0.3 is 5.73 Å². The number of likely N-dealkylation sites (tertiary alicyclic amines) is 1. The molecule has 0 spiro atoms. The van der Waals surface area contributed by atoms with E-state index in [1.807, 2.05) is 13.0 Å². The summed E-state index contributed by atoms with van der Waals surface area (Å²) in [5, 5.41) is 1.12. The fourth-order valence-electron chi connectivity index (χ4n) is 2.81. The molecule has 0 radical (unpaired) electrons. The van der Waals surface area contributed by atoms with E-state index in [0.717, 1.165) is 41.7 Å². The first-order chi connectivity index (χ1) is 9.15. The highest BCUT2D eigenvalue weighted by Gasteiger charge is 2.25. The molecule has 3 rings (SSSR count). The van der Waals surface area contributed by atoms with Gasteiger partial charge in [-0.25, -0.2) is 4.39 Å². The summed E-state index contributed by atoms with van der Waals surface area (Å²) < 4.78 is 18.7. The lowest BCUT2D eigenvalue weighted by Gasteiger charge is -2.33. The summed E-state index contributed by atoms with van der Waals surface area (Å²) in [5.41, 5.74) is 7.05. The third kappa shape index (κ3) is 2.50. The van der Waals surface area contributed by atoms with Gasteiger partial charge in [-0.15, -0.1) is 0 Å². The van der Waals surface area contributed by atoms with Crippen molar-refractivity contribution in [3.8, 4) is 0 Å². The number of benzene rings is 1. The average molecular weight is 279 g/mol. The Labute approximate surface area is 116 Å². The molecule has 1 aromatic carbocycles. The highest BCUT2D eigenvalue weighted by atomic mass is 32.1.